The lowest BCUT2D eigenvalue weighted by atomic mass is 10.1. The molecule has 2 fully saturated rings. The van der Waals surface area contributed by atoms with Gasteiger partial charge in [0.05, 0.1) is 5.84 Å². The Morgan fingerprint density at radius 1 is 1.12 bits per heavy atom. The van der Waals surface area contributed by atoms with E-state index in [4.69, 9.17) is 5.41 Å². The van der Waals surface area contributed by atoms with Crippen LogP contribution in [0.5, 0.6) is 0 Å². The van der Waals surface area contributed by atoms with Crippen molar-refractivity contribution in [3.8, 4) is 0 Å². The van der Waals surface area contributed by atoms with E-state index in [1.165, 1.54) is 4.90 Å². The second kappa shape index (κ2) is 4.26. The van der Waals surface area contributed by atoms with Gasteiger partial charge in [0.25, 0.3) is 0 Å². The molecule has 0 atom stereocenters. The predicted octanol–water partition coefficient (Wildman–Crippen LogP) is 3.18. The van der Waals surface area contributed by atoms with Crippen LogP contribution in [0.15, 0.2) is 0 Å². The molecule has 0 amide bonds. The fraction of sp³-hybridized carbons (Fsp3) is 0.909. The van der Waals surface area contributed by atoms with E-state index in [2.05, 4.69) is 0 Å². The summed E-state index contributed by atoms with van der Waals surface area (Å²) in [5.41, 5.74) is 0. The van der Waals surface area contributed by atoms with Gasteiger partial charge in [-0.2, -0.15) is 13.2 Å². The van der Waals surface area contributed by atoms with Gasteiger partial charge in [0.2, 0.25) is 0 Å². The van der Waals surface area contributed by atoms with Gasteiger partial charge in [-0.3, -0.25) is 5.41 Å². The van der Waals surface area contributed by atoms with Gasteiger partial charge in [0, 0.05) is 12.0 Å². The minimum atomic E-state index is -4.19. The number of nitrogens with zero attached hydrogens (tertiary/aromatic N) is 1. The molecule has 0 bridgehead atoms. The monoisotopic (exact) mass is 234 g/mol. The molecule has 0 heterocycles. The van der Waals surface area contributed by atoms with Crippen molar-refractivity contribution < 1.29 is 13.2 Å². The molecule has 0 aromatic heterocycles. The van der Waals surface area contributed by atoms with Gasteiger partial charge in [-0.05, 0) is 25.7 Å². The summed E-state index contributed by atoms with van der Waals surface area (Å²) >= 11 is 0. The Hall–Kier alpha value is -0.740. The van der Waals surface area contributed by atoms with Gasteiger partial charge in [-0.25, -0.2) is 0 Å². The summed E-state index contributed by atoms with van der Waals surface area (Å²) in [7, 11) is 0. The largest absolute Gasteiger partial charge is 0.405 e. The molecule has 2 aliphatic rings. The molecule has 0 aromatic carbocycles. The van der Waals surface area contributed by atoms with Crippen LogP contribution in [-0.4, -0.2) is 29.5 Å². The topological polar surface area (TPSA) is 27.1 Å². The van der Waals surface area contributed by atoms with Gasteiger partial charge in [0.15, 0.2) is 0 Å². The summed E-state index contributed by atoms with van der Waals surface area (Å²) < 4.78 is 37.2. The van der Waals surface area contributed by atoms with Crippen molar-refractivity contribution in [3.05, 3.63) is 0 Å². The number of amidine groups is 1. The third-order valence-electron chi connectivity index (χ3n) is 3.39. The lowest BCUT2D eigenvalue weighted by Gasteiger charge is -2.29. The lowest BCUT2D eigenvalue weighted by molar-refractivity contribution is -0.139. The van der Waals surface area contributed by atoms with Crippen LogP contribution < -0.4 is 0 Å². The van der Waals surface area contributed by atoms with E-state index in [1.807, 2.05) is 0 Å². The number of alkyl halides is 3. The van der Waals surface area contributed by atoms with E-state index < -0.39 is 12.7 Å². The van der Waals surface area contributed by atoms with Crippen molar-refractivity contribution in [1.82, 2.24) is 4.90 Å². The normalized spacial score (nSPS) is 22.4. The molecule has 0 spiro atoms. The summed E-state index contributed by atoms with van der Waals surface area (Å²) in [5, 5.41) is 7.92. The number of nitrogens with one attached hydrogen (secondary N) is 1. The van der Waals surface area contributed by atoms with E-state index >= 15 is 0 Å². The molecule has 16 heavy (non-hydrogen) atoms. The average molecular weight is 234 g/mol. The summed E-state index contributed by atoms with van der Waals surface area (Å²) in [6.07, 6.45) is 1.32. The van der Waals surface area contributed by atoms with E-state index in [1.54, 1.807) is 0 Å². The van der Waals surface area contributed by atoms with Crippen molar-refractivity contribution in [2.45, 2.75) is 50.7 Å². The molecule has 0 unspecified atom stereocenters. The SMILES string of the molecule is N=C(C1CCCC1)N(CC(F)(F)F)C1CC1. The first-order valence-corrected chi connectivity index (χ1v) is 5.89. The Morgan fingerprint density at radius 2 is 1.69 bits per heavy atom. The van der Waals surface area contributed by atoms with Crippen LogP contribution in [-0.2, 0) is 0 Å². The fourth-order valence-corrected chi connectivity index (χ4v) is 2.42. The molecular formula is C11H17F3N2. The molecule has 0 radical (unpaired) electrons. The highest BCUT2D eigenvalue weighted by atomic mass is 19.4. The first-order chi connectivity index (χ1) is 7.47. The van der Waals surface area contributed by atoms with Gasteiger partial charge in [-0.15, -0.1) is 0 Å². The van der Waals surface area contributed by atoms with Crippen molar-refractivity contribution in [2.75, 3.05) is 6.54 Å². The lowest BCUT2D eigenvalue weighted by Crippen LogP contribution is -2.42. The van der Waals surface area contributed by atoms with Crippen LogP contribution in [0.1, 0.15) is 38.5 Å². The van der Waals surface area contributed by atoms with Crippen molar-refractivity contribution in [2.24, 2.45) is 5.92 Å². The second-order valence-corrected chi connectivity index (χ2v) is 4.84. The fourth-order valence-electron chi connectivity index (χ4n) is 2.42. The Labute approximate surface area is 93.3 Å². The second-order valence-electron chi connectivity index (χ2n) is 4.84. The summed E-state index contributed by atoms with van der Waals surface area (Å²) in [4.78, 5) is 1.29. The van der Waals surface area contributed by atoms with Crippen LogP contribution in [0.3, 0.4) is 0 Å². The Morgan fingerprint density at radius 3 is 2.12 bits per heavy atom. The minimum Gasteiger partial charge on any atom is -0.348 e. The number of rotatable bonds is 3. The molecule has 0 aromatic rings. The van der Waals surface area contributed by atoms with Crippen molar-refractivity contribution in [3.63, 3.8) is 0 Å². The first kappa shape index (κ1) is 11.7. The van der Waals surface area contributed by atoms with Gasteiger partial charge in [-0.1, -0.05) is 12.8 Å². The van der Waals surface area contributed by atoms with Crippen LogP contribution in [0.2, 0.25) is 0 Å². The van der Waals surface area contributed by atoms with E-state index in [9.17, 15) is 13.2 Å². The molecular weight excluding hydrogens is 217 g/mol. The first-order valence-electron chi connectivity index (χ1n) is 5.89. The van der Waals surface area contributed by atoms with Gasteiger partial charge >= 0.3 is 6.18 Å². The molecule has 1 N–H and O–H groups in total. The molecule has 2 nitrogen and oxygen atoms in total. The maximum absolute atomic E-state index is 12.4. The average Bonchev–Trinajstić information content (AvgIpc) is 2.87. The van der Waals surface area contributed by atoms with E-state index in [0.29, 0.717) is 0 Å². The molecule has 5 heteroatoms. The highest BCUT2D eigenvalue weighted by Gasteiger charge is 2.41. The third-order valence-corrected chi connectivity index (χ3v) is 3.39. The van der Waals surface area contributed by atoms with Crippen LogP contribution in [0.4, 0.5) is 13.2 Å². The van der Waals surface area contributed by atoms with Crippen LogP contribution in [0, 0.1) is 11.3 Å². The summed E-state index contributed by atoms with van der Waals surface area (Å²) in [6.45, 7) is -0.938. The number of hydrogen-bond acceptors (Lipinski definition) is 1. The molecule has 0 aliphatic heterocycles. The van der Waals surface area contributed by atoms with Crippen molar-refractivity contribution >= 4 is 5.84 Å². The summed E-state index contributed by atoms with van der Waals surface area (Å²) in [6, 6.07) is -0.0188. The molecule has 2 saturated carbocycles. The zero-order chi connectivity index (χ0) is 11.8. The predicted molar refractivity (Wildman–Crippen MR) is 55.5 cm³/mol. The Kier molecular flexibility index (Phi) is 3.13. The molecule has 2 rings (SSSR count). The number of hydrogen-bond donors (Lipinski definition) is 1. The highest BCUT2D eigenvalue weighted by molar-refractivity contribution is 5.82. The Bertz CT molecular complexity index is 265. The minimum absolute atomic E-state index is 0.0188. The summed E-state index contributed by atoms with van der Waals surface area (Å²) in [5.74, 6) is 0.306. The quantitative estimate of drug-likeness (QED) is 0.589. The smallest absolute Gasteiger partial charge is 0.348 e. The third kappa shape index (κ3) is 2.89. The van der Waals surface area contributed by atoms with Gasteiger partial charge in [0.1, 0.15) is 6.54 Å². The van der Waals surface area contributed by atoms with Crippen LogP contribution >= 0.6 is 0 Å². The highest BCUT2D eigenvalue weighted by Crippen LogP contribution is 2.34. The maximum atomic E-state index is 12.4. The zero-order valence-corrected chi connectivity index (χ0v) is 9.19. The van der Waals surface area contributed by atoms with E-state index in [0.717, 1.165) is 38.5 Å². The maximum Gasteiger partial charge on any atom is 0.405 e. The van der Waals surface area contributed by atoms with E-state index in [-0.39, 0.29) is 17.8 Å². The molecule has 92 valence electrons. The van der Waals surface area contributed by atoms with Crippen LogP contribution in [0.25, 0.3) is 0 Å². The zero-order valence-electron chi connectivity index (χ0n) is 9.19. The van der Waals surface area contributed by atoms with Gasteiger partial charge < -0.3 is 4.90 Å². The molecule has 0 saturated heterocycles. The standard InChI is InChI=1S/C11H17F3N2/c12-11(13,14)7-16(9-5-6-9)10(15)8-3-1-2-4-8/h8-9,15H,1-7H2. The van der Waals surface area contributed by atoms with Crippen molar-refractivity contribution in [1.29, 1.82) is 5.41 Å². The Balaban J connectivity index is 1.98. The number of halogens is 3. The molecule has 2 aliphatic carbocycles.